The van der Waals surface area contributed by atoms with Crippen LogP contribution in [0.3, 0.4) is 0 Å². The van der Waals surface area contributed by atoms with E-state index in [1.54, 1.807) is 0 Å². The smallest absolute Gasteiger partial charge is 0.0911 e. The van der Waals surface area contributed by atoms with E-state index >= 15 is 0 Å². The summed E-state index contributed by atoms with van der Waals surface area (Å²) in [7, 11) is 0. The van der Waals surface area contributed by atoms with Crippen molar-refractivity contribution < 1.29 is 4.74 Å². The lowest BCUT2D eigenvalue weighted by atomic mass is 10.0. The Labute approximate surface area is 50.3 Å². The molecule has 0 aliphatic carbocycles. The van der Waals surface area contributed by atoms with Crippen LogP contribution >= 0.6 is 0 Å². The van der Waals surface area contributed by atoms with Gasteiger partial charge in [-0.3, -0.25) is 0 Å². The first-order chi connectivity index (χ1) is 3.80. The Hall–Kier alpha value is -0.460. The van der Waals surface area contributed by atoms with Crippen LogP contribution < -0.4 is 0 Å². The molecule has 0 atom stereocenters. The van der Waals surface area contributed by atoms with Gasteiger partial charge in [0.25, 0.3) is 0 Å². The maximum absolute atomic E-state index is 5.06. The van der Waals surface area contributed by atoms with Crippen LogP contribution in [0.1, 0.15) is 20.3 Å². The molecule has 8 heavy (non-hydrogen) atoms. The summed E-state index contributed by atoms with van der Waals surface area (Å²) in [6, 6.07) is 0. The maximum Gasteiger partial charge on any atom is 0.0911 e. The minimum absolute atomic E-state index is 0.678. The molecule has 0 aromatic heterocycles. The zero-order valence-electron chi connectivity index (χ0n) is 5.48. The summed E-state index contributed by atoms with van der Waals surface area (Å²) >= 11 is 0. The Bertz CT molecular complexity index is 103. The summed E-state index contributed by atoms with van der Waals surface area (Å²) in [5.74, 6) is 0.678. The van der Waals surface area contributed by atoms with Gasteiger partial charge in [-0.2, -0.15) is 0 Å². The largest absolute Gasteiger partial charge is 0.501 e. The molecule has 1 rings (SSSR count). The molecule has 1 heterocycles. The summed E-state index contributed by atoms with van der Waals surface area (Å²) in [6.07, 6.45) is 3.03. The van der Waals surface area contributed by atoms with E-state index in [9.17, 15) is 0 Å². The molecule has 0 radical (unpaired) electrons. The predicted octanol–water partition coefficient (Wildman–Crippen LogP) is 1.95. The van der Waals surface area contributed by atoms with E-state index in [1.165, 1.54) is 5.57 Å². The quantitative estimate of drug-likeness (QED) is 0.503. The highest BCUT2D eigenvalue weighted by Gasteiger charge is 2.07. The Kier molecular flexibility index (Phi) is 1.56. The molecule has 0 fully saturated rings. The van der Waals surface area contributed by atoms with E-state index in [1.807, 2.05) is 6.26 Å². The fourth-order valence-electron chi connectivity index (χ4n) is 0.826. The van der Waals surface area contributed by atoms with Crippen molar-refractivity contribution in [3.05, 3.63) is 11.8 Å². The predicted molar refractivity (Wildman–Crippen MR) is 33.5 cm³/mol. The number of hydrogen-bond acceptors (Lipinski definition) is 1. The lowest BCUT2D eigenvalue weighted by molar-refractivity contribution is 0.281. The van der Waals surface area contributed by atoms with Gasteiger partial charge in [0.15, 0.2) is 0 Å². The molecule has 1 nitrogen and oxygen atoms in total. The highest BCUT2D eigenvalue weighted by atomic mass is 16.5. The number of ether oxygens (including phenoxy) is 1. The Morgan fingerprint density at radius 3 is 2.62 bits per heavy atom. The van der Waals surface area contributed by atoms with Gasteiger partial charge in [0.1, 0.15) is 0 Å². The molecule has 0 saturated heterocycles. The van der Waals surface area contributed by atoms with Gasteiger partial charge in [-0.15, -0.1) is 0 Å². The molecule has 0 aromatic rings. The van der Waals surface area contributed by atoms with Crippen molar-refractivity contribution in [3.63, 3.8) is 0 Å². The summed E-state index contributed by atoms with van der Waals surface area (Å²) < 4.78 is 5.06. The monoisotopic (exact) mass is 112 g/mol. The van der Waals surface area contributed by atoms with Gasteiger partial charge in [0, 0.05) is 6.42 Å². The fourth-order valence-corrected chi connectivity index (χ4v) is 0.826. The van der Waals surface area contributed by atoms with E-state index in [0.29, 0.717) is 5.92 Å². The minimum Gasteiger partial charge on any atom is -0.501 e. The van der Waals surface area contributed by atoms with Gasteiger partial charge in [0.2, 0.25) is 0 Å². The van der Waals surface area contributed by atoms with Crippen molar-refractivity contribution in [1.29, 1.82) is 0 Å². The third-order valence-corrected chi connectivity index (χ3v) is 1.48. The van der Waals surface area contributed by atoms with Crippen molar-refractivity contribution in [2.45, 2.75) is 20.3 Å². The molecule has 0 saturated carbocycles. The molecule has 0 bridgehead atoms. The zero-order chi connectivity index (χ0) is 5.98. The molecule has 0 N–H and O–H groups in total. The SMILES string of the molecule is CC(C)C1=COCC1. The van der Waals surface area contributed by atoms with Crippen LogP contribution in [-0.2, 0) is 4.74 Å². The van der Waals surface area contributed by atoms with Gasteiger partial charge in [-0.1, -0.05) is 13.8 Å². The molecule has 1 aliphatic heterocycles. The average Bonchev–Trinajstić information content (AvgIpc) is 2.12. The second kappa shape index (κ2) is 2.21. The van der Waals surface area contributed by atoms with Gasteiger partial charge >= 0.3 is 0 Å². The normalized spacial score (nSPS) is 18.6. The van der Waals surface area contributed by atoms with Crippen molar-refractivity contribution in [1.82, 2.24) is 0 Å². The zero-order valence-corrected chi connectivity index (χ0v) is 5.48. The fraction of sp³-hybridized carbons (Fsp3) is 0.714. The van der Waals surface area contributed by atoms with Crippen LogP contribution in [0, 0.1) is 5.92 Å². The van der Waals surface area contributed by atoms with E-state index in [2.05, 4.69) is 13.8 Å². The Morgan fingerprint density at radius 2 is 2.38 bits per heavy atom. The van der Waals surface area contributed by atoms with Gasteiger partial charge in [0.05, 0.1) is 12.9 Å². The summed E-state index contributed by atoms with van der Waals surface area (Å²) in [5.41, 5.74) is 1.45. The van der Waals surface area contributed by atoms with E-state index in [4.69, 9.17) is 4.74 Å². The third kappa shape index (κ3) is 1.03. The molecular weight excluding hydrogens is 100 g/mol. The van der Waals surface area contributed by atoms with Crippen LogP contribution in [0.25, 0.3) is 0 Å². The van der Waals surface area contributed by atoms with E-state index in [0.717, 1.165) is 13.0 Å². The van der Waals surface area contributed by atoms with Crippen LogP contribution in [-0.4, -0.2) is 6.61 Å². The summed E-state index contributed by atoms with van der Waals surface area (Å²) in [4.78, 5) is 0. The Morgan fingerprint density at radius 1 is 1.62 bits per heavy atom. The third-order valence-electron chi connectivity index (χ3n) is 1.48. The van der Waals surface area contributed by atoms with Gasteiger partial charge in [-0.05, 0) is 11.5 Å². The van der Waals surface area contributed by atoms with E-state index in [-0.39, 0.29) is 0 Å². The molecular formula is C7H12O. The van der Waals surface area contributed by atoms with E-state index < -0.39 is 0 Å². The Balaban J connectivity index is 2.45. The van der Waals surface area contributed by atoms with Gasteiger partial charge < -0.3 is 4.74 Å². The lowest BCUT2D eigenvalue weighted by Crippen LogP contribution is -1.89. The van der Waals surface area contributed by atoms with Gasteiger partial charge in [-0.25, -0.2) is 0 Å². The highest BCUT2D eigenvalue weighted by molar-refractivity contribution is 5.04. The molecule has 0 amide bonds. The number of hydrogen-bond donors (Lipinski definition) is 0. The lowest BCUT2D eigenvalue weighted by Gasteiger charge is -1.99. The summed E-state index contributed by atoms with van der Waals surface area (Å²) in [5, 5.41) is 0. The minimum atomic E-state index is 0.678. The first-order valence-corrected chi connectivity index (χ1v) is 3.11. The topological polar surface area (TPSA) is 9.23 Å². The molecule has 1 heteroatoms. The van der Waals surface area contributed by atoms with Crippen LogP contribution in [0.4, 0.5) is 0 Å². The molecule has 0 unspecified atom stereocenters. The maximum atomic E-state index is 5.06. The average molecular weight is 112 g/mol. The summed E-state index contributed by atoms with van der Waals surface area (Å²) in [6.45, 7) is 5.29. The van der Waals surface area contributed by atoms with Crippen molar-refractivity contribution in [2.24, 2.45) is 5.92 Å². The number of rotatable bonds is 1. The molecule has 0 aromatic carbocycles. The second-order valence-corrected chi connectivity index (χ2v) is 2.47. The highest BCUT2D eigenvalue weighted by Crippen LogP contribution is 2.18. The first kappa shape index (κ1) is 5.67. The molecule has 0 spiro atoms. The molecule has 1 aliphatic rings. The van der Waals surface area contributed by atoms with Crippen molar-refractivity contribution in [2.75, 3.05) is 6.61 Å². The standard InChI is InChI=1S/C7H12O/c1-6(2)7-3-4-8-5-7/h5-6H,3-4H2,1-2H3. The first-order valence-electron chi connectivity index (χ1n) is 3.11. The van der Waals surface area contributed by atoms with Crippen molar-refractivity contribution >= 4 is 0 Å². The van der Waals surface area contributed by atoms with Crippen LogP contribution in [0.5, 0.6) is 0 Å². The molecule has 46 valence electrons. The van der Waals surface area contributed by atoms with Crippen LogP contribution in [0.2, 0.25) is 0 Å². The van der Waals surface area contributed by atoms with Crippen LogP contribution in [0.15, 0.2) is 11.8 Å². The second-order valence-electron chi connectivity index (χ2n) is 2.47. The van der Waals surface area contributed by atoms with Crippen molar-refractivity contribution in [3.8, 4) is 0 Å².